The van der Waals surface area contributed by atoms with Crippen molar-refractivity contribution in [3.63, 3.8) is 0 Å². The lowest BCUT2D eigenvalue weighted by Crippen LogP contribution is -2.25. The molecule has 6 nitrogen and oxygen atoms in total. The van der Waals surface area contributed by atoms with E-state index in [0.29, 0.717) is 17.4 Å². The Morgan fingerprint density at radius 3 is 2.09 bits per heavy atom. The smallest absolute Gasteiger partial charge is 0.341 e. The number of rotatable bonds is 14. The minimum absolute atomic E-state index is 0.00718. The fourth-order valence-corrected chi connectivity index (χ4v) is 6.81. The molecule has 2 aliphatic rings. The molecule has 1 N–H and O–H groups in total. The van der Waals surface area contributed by atoms with Crippen LogP contribution in [0.25, 0.3) is 17.2 Å². The van der Waals surface area contributed by atoms with E-state index in [-0.39, 0.29) is 17.8 Å². The quantitative estimate of drug-likeness (QED) is 0.130. The molecule has 2 aromatic rings. The van der Waals surface area contributed by atoms with E-state index >= 15 is 0 Å². The van der Waals surface area contributed by atoms with Crippen LogP contribution in [0.15, 0.2) is 72.8 Å². The van der Waals surface area contributed by atoms with Crippen LogP contribution in [0, 0.1) is 23.7 Å². The van der Waals surface area contributed by atoms with Crippen molar-refractivity contribution >= 4 is 18.0 Å². The van der Waals surface area contributed by atoms with Gasteiger partial charge in [-0.05, 0) is 97.6 Å². The van der Waals surface area contributed by atoms with Gasteiger partial charge in [0.05, 0.1) is 24.4 Å². The van der Waals surface area contributed by atoms with Crippen LogP contribution < -0.4 is 9.47 Å². The van der Waals surface area contributed by atoms with Crippen LogP contribution in [0.2, 0.25) is 0 Å². The predicted molar refractivity (Wildman–Crippen MR) is 180 cm³/mol. The average molecular weight is 615 g/mol. The lowest BCUT2D eigenvalue weighted by Gasteiger charge is -2.37. The van der Waals surface area contributed by atoms with Gasteiger partial charge in [-0.15, -0.1) is 0 Å². The van der Waals surface area contributed by atoms with Gasteiger partial charge in [-0.1, -0.05) is 82.5 Å². The van der Waals surface area contributed by atoms with Gasteiger partial charge in [-0.3, -0.25) is 0 Å². The van der Waals surface area contributed by atoms with Crippen molar-refractivity contribution in [3.05, 3.63) is 78.4 Å². The van der Waals surface area contributed by atoms with Crippen LogP contribution in [0.3, 0.4) is 0 Å². The van der Waals surface area contributed by atoms with Crippen molar-refractivity contribution in [2.45, 2.75) is 77.6 Å². The zero-order valence-corrected chi connectivity index (χ0v) is 27.1. The molecule has 0 aromatic heterocycles. The fraction of sp³-hybridized carbons (Fsp3) is 0.487. The monoisotopic (exact) mass is 614 g/mol. The highest BCUT2D eigenvalue weighted by atomic mass is 16.5. The number of carbonyl (C=O) groups is 2. The Bertz CT molecular complexity index is 1320. The Balaban J connectivity index is 1.43. The average Bonchev–Trinajstić information content (AvgIpc) is 3.07. The van der Waals surface area contributed by atoms with Crippen molar-refractivity contribution in [1.82, 2.24) is 0 Å². The number of benzene rings is 2. The van der Waals surface area contributed by atoms with E-state index < -0.39 is 18.5 Å². The first-order chi connectivity index (χ1) is 21.8. The SMILES string of the molecule is C=C(CO)C(=O)Oc1ccc(-c2ccc(OC(=O)C(=C)COC)c(/C=C/C3CCC(C4CCC(CCCC)CC4)CC3)c2)cc1. The van der Waals surface area contributed by atoms with Gasteiger partial charge in [-0.2, -0.15) is 0 Å². The van der Waals surface area contributed by atoms with Gasteiger partial charge in [0.1, 0.15) is 11.5 Å². The molecule has 0 spiro atoms. The Morgan fingerprint density at radius 1 is 0.844 bits per heavy atom. The molecule has 2 saturated carbocycles. The van der Waals surface area contributed by atoms with E-state index in [4.69, 9.17) is 19.3 Å². The van der Waals surface area contributed by atoms with Crippen molar-refractivity contribution < 1.29 is 28.9 Å². The summed E-state index contributed by atoms with van der Waals surface area (Å²) in [6, 6.07) is 12.8. The second kappa shape index (κ2) is 17.3. The molecule has 242 valence electrons. The van der Waals surface area contributed by atoms with Gasteiger partial charge in [0.2, 0.25) is 0 Å². The summed E-state index contributed by atoms with van der Waals surface area (Å²) in [4.78, 5) is 24.6. The number of hydrogen-bond acceptors (Lipinski definition) is 6. The van der Waals surface area contributed by atoms with Gasteiger partial charge in [-0.25, -0.2) is 9.59 Å². The van der Waals surface area contributed by atoms with Gasteiger partial charge in [0, 0.05) is 12.7 Å². The molecule has 0 aliphatic heterocycles. The largest absolute Gasteiger partial charge is 0.423 e. The molecule has 4 rings (SSSR count). The third-order valence-corrected chi connectivity index (χ3v) is 9.59. The minimum atomic E-state index is -0.664. The molecule has 0 heterocycles. The Labute approximate surface area is 269 Å². The lowest BCUT2D eigenvalue weighted by molar-refractivity contribution is -0.131. The summed E-state index contributed by atoms with van der Waals surface area (Å²) in [5.74, 6) is 2.87. The highest BCUT2D eigenvalue weighted by Gasteiger charge is 2.30. The maximum Gasteiger partial charge on any atom is 0.341 e. The number of esters is 2. The third-order valence-electron chi connectivity index (χ3n) is 9.59. The molecule has 2 fully saturated rings. The second-order valence-corrected chi connectivity index (χ2v) is 12.8. The molecule has 0 bridgehead atoms. The van der Waals surface area contributed by atoms with Crippen molar-refractivity contribution in [2.75, 3.05) is 20.3 Å². The number of allylic oxidation sites excluding steroid dienone is 1. The zero-order valence-electron chi connectivity index (χ0n) is 27.1. The Hall–Kier alpha value is -3.48. The summed E-state index contributed by atoms with van der Waals surface area (Å²) in [7, 11) is 1.52. The molecule has 6 heteroatoms. The number of methoxy groups -OCH3 is 1. The first-order valence-corrected chi connectivity index (χ1v) is 16.6. The fourth-order valence-electron chi connectivity index (χ4n) is 6.81. The molecule has 0 saturated heterocycles. The molecular weight excluding hydrogens is 564 g/mol. The van der Waals surface area contributed by atoms with E-state index in [1.165, 1.54) is 77.7 Å². The van der Waals surface area contributed by atoms with E-state index in [2.05, 4.69) is 32.2 Å². The van der Waals surface area contributed by atoms with Crippen LogP contribution in [-0.2, 0) is 14.3 Å². The Morgan fingerprint density at radius 2 is 1.47 bits per heavy atom. The summed E-state index contributed by atoms with van der Waals surface area (Å²) < 4.78 is 16.1. The maximum atomic E-state index is 12.7. The van der Waals surface area contributed by atoms with Crippen molar-refractivity contribution in [2.24, 2.45) is 23.7 Å². The van der Waals surface area contributed by atoms with Crippen LogP contribution >= 0.6 is 0 Å². The van der Waals surface area contributed by atoms with Crippen molar-refractivity contribution in [1.29, 1.82) is 0 Å². The van der Waals surface area contributed by atoms with E-state index in [0.717, 1.165) is 34.4 Å². The first kappa shape index (κ1) is 34.4. The minimum Gasteiger partial charge on any atom is -0.423 e. The first-order valence-electron chi connectivity index (χ1n) is 16.6. The molecule has 2 aromatic carbocycles. The molecule has 0 amide bonds. The number of hydrogen-bond donors (Lipinski definition) is 1. The molecule has 0 radical (unpaired) electrons. The number of unbranched alkanes of at least 4 members (excludes halogenated alkanes) is 1. The molecule has 2 aliphatic carbocycles. The highest BCUT2D eigenvalue weighted by Crippen LogP contribution is 2.43. The topological polar surface area (TPSA) is 82.1 Å². The number of aliphatic hydroxyl groups is 1. The maximum absolute atomic E-state index is 12.7. The van der Waals surface area contributed by atoms with E-state index in [1.807, 2.05) is 24.3 Å². The van der Waals surface area contributed by atoms with Crippen LogP contribution in [0.5, 0.6) is 11.5 Å². The predicted octanol–water partition coefficient (Wildman–Crippen LogP) is 8.73. The highest BCUT2D eigenvalue weighted by molar-refractivity contribution is 5.91. The van der Waals surface area contributed by atoms with Gasteiger partial charge in [0.25, 0.3) is 0 Å². The van der Waals surface area contributed by atoms with Crippen LogP contribution in [-0.4, -0.2) is 37.4 Å². The number of carbonyl (C=O) groups excluding carboxylic acids is 2. The van der Waals surface area contributed by atoms with Gasteiger partial charge in [0.15, 0.2) is 0 Å². The zero-order chi connectivity index (χ0) is 32.2. The molecule has 0 unspecified atom stereocenters. The van der Waals surface area contributed by atoms with Gasteiger partial charge >= 0.3 is 11.9 Å². The standard InChI is InChI=1S/C39H50O6/c1-5-6-7-29-8-13-31(14-9-29)32-15-10-30(11-16-32)12-17-35-24-34(20-23-37(35)45-39(42)28(3)26-43-4)33-18-21-36(22-19-33)44-38(41)27(2)25-40/h12,17-24,29-32,40H,2-3,5-11,13-16,25-26H2,1,4H3/b17-12+. The van der Waals surface area contributed by atoms with Gasteiger partial charge < -0.3 is 19.3 Å². The van der Waals surface area contributed by atoms with E-state index in [1.54, 1.807) is 18.2 Å². The van der Waals surface area contributed by atoms with E-state index in [9.17, 15) is 9.59 Å². The number of ether oxygens (including phenoxy) is 3. The lowest BCUT2D eigenvalue weighted by atomic mass is 9.68. The number of aliphatic hydroxyl groups excluding tert-OH is 1. The van der Waals surface area contributed by atoms with Crippen molar-refractivity contribution in [3.8, 4) is 22.6 Å². The van der Waals surface area contributed by atoms with Crippen LogP contribution in [0.1, 0.15) is 83.1 Å². The Kier molecular flexibility index (Phi) is 13.2. The second-order valence-electron chi connectivity index (χ2n) is 12.8. The molecule has 0 atom stereocenters. The molecule has 45 heavy (non-hydrogen) atoms. The van der Waals surface area contributed by atoms with Crippen LogP contribution in [0.4, 0.5) is 0 Å². The third kappa shape index (κ3) is 10.0. The summed E-state index contributed by atoms with van der Waals surface area (Å²) >= 11 is 0. The normalized spacial score (nSPS) is 21.8. The summed E-state index contributed by atoms with van der Waals surface area (Å²) in [5, 5.41) is 9.11. The molecular formula is C39H50O6. The summed E-state index contributed by atoms with van der Waals surface area (Å²) in [6.07, 6.45) is 19.1. The summed E-state index contributed by atoms with van der Waals surface area (Å²) in [6.45, 7) is 9.24. The summed E-state index contributed by atoms with van der Waals surface area (Å²) in [5.41, 5.74) is 2.90.